The fraction of sp³-hybridized carbons (Fsp3) is 0.562. The molecule has 0 fully saturated rings. The van der Waals surface area contributed by atoms with E-state index in [-0.39, 0.29) is 11.2 Å². The van der Waals surface area contributed by atoms with Gasteiger partial charge in [0.25, 0.3) is 0 Å². The number of ketones is 1. The van der Waals surface area contributed by atoms with Crippen molar-refractivity contribution in [1.82, 2.24) is 0 Å². The Labute approximate surface area is 124 Å². The van der Waals surface area contributed by atoms with Crippen molar-refractivity contribution in [3.8, 4) is 5.75 Å². The van der Waals surface area contributed by atoms with E-state index in [2.05, 4.69) is 29.8 Å². The van der Waals surface area contributed by atoms with E-state index in [1.807, 2.05) is 25.1 Å². The molecule has 0 aromatic heterocycles. The summed E-state index contributed by atoms with van der Waals surface area (Å²) in [6.45, 7) is 8.55. The van der Waals surface area contributed by atoms with Gasteiger partial charge in [0.15, 0.2) is 5.78 Å². The molecule has 0 atom stereocenters. The molecular formula is C16H23BrO2. The van der Waals surface area contributed by atoms with Crippen molar-refractivity contribution in [3.63, 3.8) is 0 Å². The minimum Gasteiger partial charge on any atom is -0.492 e. The Morgan fingerprint density at radius 2 is 1.95 bits per heavy atom. The lowest BCUT2D eigenvalue weighted by Gasteiger charge is -2.29. The molecule has 19 heavy (non-hydrogen) atoms. The van der Waals surface area contributed by atoms with Crippen LogP contribution in [0.25, 0.3) is 0 Å². The van der Waals surface area contributed by atoms with Gasteiger partial charge in [-0.2, -0.15) is 0 Å². The second-order valence-electron chi connectivity index (χ2n) is 5.19. The topological polar surface area (TPSA) is 26.3 Å². The summed E-state index contributed by atoms with van der Waals surface area (Å²) in [5.74, 6) is 0.751. The maximum Gasteiger partial charge on any atom is 0.163 e. The second kappa shape index (κ2) is 7.09. The van der Waals surface area contributed by atoms with Crippen LogP contribution in [-0.2, 0) is 0 Å². The Kier molecular flexibility index (Phi) is 6.05. The third-order valence-corrected chi connectivity index (χ3v) is 5.02. The first-order valence-electron chi connectivity index (χ1n) is 6.78. The fourth-order valence-corrected chi connectivity index (χ4v) is 2.91. The summed E-state index contributed by atoms with van der Waals surface area (Å²) in [4.78, 5) is 11.7. The number of hydrogen-bond acceptors (Lipinski definition) is 2. The monoisotopic (exact) mass is 326 g/mol. The van der Waals surface area contributed by atoms with E-state index in [4.69, 9.17) is 4.74 Å². The number of rotatable bonds is 7. The number of carbonyl (C=O) groups is 1. The quantitative estimate of drug-likeness (QED) is 0.532. The molecule has 0 radical (unpaired) electrons. The number of carbonyl (C=O) groups excluding carboxylic acids is 1. The van der Waals surface area contributed by atoms with Crippen molar-refractivity contribution < 1.29 is 9.53 Å². The SMILES string of the molecule is CCC(CC)(CBr)COc1ccc(C)cc1C(C)=O. The Morgan fingerprint density at radius 1 is 1.32 bits per heavy atom. The summed E-state index contributed by atoms with van der Waals surface area (Å²) >= 11 is 3.58. The van der Waals surface area contributed by atoms with Crippen molar-refractivity contribution in [1.29, 1.82) is 0 Å². The smallest absolute Gasteiger partial charge is 0.163 e. The first-order valence-corrected chi connectivity index (χ1v) is 7.90. The van der Waals surface area contributed by atoms with Crippen molar-refractivity contribution in [3.05, 3.63) is 29.3 Å². The number of hydrogen-bond donors (Lipinski definition) is 0. The molecule has 2 nitrogen and oxygen atoms in total. The molecule has 0 amide bonds. The van der Waals surface area contributed by atoms with E-state index in [1.165, 1.54) is 0 Å². The van der Waals surface area contributed by atoms with Crippen LogP contribution >= 0.6 is 15.9 Å². The van der Waals surface area contributed by atoms with E-state index in [0.29, 0.717) is 17.9 Å². The number of benzene rings is 1. The summed E-state index contributed by atoms with van der Waals surface area (Å²) in [7, 11) is 0. The molecule has 3 heteroatoms. The van der Waals surface area contributed by atoms with Gasteiger partial charge in [0.05, 0.1) is 12.2 Å². The Balaban J connectivity index is 2.91. The maximum atomic E-state index is 11.7. The van der Waals surface area contributed by atoms with Crippen molar-refractivity contribution in [2.45, 2.75) is 40.5 Å². The first kappa shape index (κ1) is 16.2. The summed E-state index contributed by atoms with van der Waals surface area (Å²) in [5.41, 5.74) is 1.89. The van der Waals surface area contributed by atoms with Crippen molar-refractivity contribution in [2.75, 3.05) is 11.9 Å². The summed E-state index contributed by atoms with van der Waals surface area (Å²) in [5, 5.41) is 0.911. The fourth-order valence-electron chi connectivity index (χ4n) is 1.96. The number of halogens is 1. The number of ether oxygens (including phenoxy) is 1. The van der Waals surface area contributed by atoms with Gasteiger partial charge < -0.3 is 4.74 Å². The normalized spacial score (nSPS) is 11.4. The second-order valence-corrected chi connectivity index (χ2v) is 5.75. The van der Waals surface area contributed by atoms with Crippen LogP contribution in [0.1, 0.15) is 49.5 Å². The molecule has 0 aliphatic rings. The Hall–Kier alpha value is -0.830. The molecule has 0 spiro atoms. The molecule has 106 valence electrons. The number of alkyl halides is 1. The van der Waals surface area contributed by atoms with E-state index in [9.17, 15) is 4.79 Å². The van der Waals surface area contributed by atoms with Gasteiger partial charge in [-0.1, -0.05) is 41.4 Å². The standard InChI is InChI=1S/C16H23BrO2/c1-5-16(6-2,10-17)11-19-15-8-7-12(3)9-14(15)13(4)18/h7-9H,5-6,10-11H2,1-4H3. The van der Waals surface area contributed by atoms with E-state index in [0.717, 1.165) is 23.7 Å². The van der Waals surface area contributed by atoms with Crippen LogP contribution in [0.4, 0.5) is 0 Å². The molecule has 0 heterocycles. The third-order valence-electron chi connectivity index (χ3n) is 3.83. The average Bonchev–Trinajstić information content (AvgIpc) is 2.42. The molecule has 0 unspecified atom stereocenters. The minimum atomic E-state index is 0.0520. The molecule has 1 aromatic rings. The maximum absolute atomic E-state index is 11.7. The van der Waals surface area contributed by atoms with Gasteiger partial charge in [-0.15, -0.1) is 0 Å². The lowest BCUT2D eigenvalue weighted by molar-refractivity contribution is 0.100. The molecule has 0 bridgehead atoms. The van der Waals surface area contributed by atoms with Gasteiger partial charge in [0, 0.05) is 10.7 Å². The molecule has 0 N–H and O–H groups in total. The predicted molar refractivity (Wildman–Crippen MR) is 83.5 cm³/mol. The van der Waals surface area contributed by atoms with Gasteiger partial charge in [-0.25, -0.2) is 0 Å². The lowest BCUT2D eigenvalue weighted by Crippen LogP contribution is -2.29. The largest absolute Gasteiger partial charge is 0.492 e. The van der Waals surface area contributed by atoms with E-state index >= 15 is 0 Å². The van der Waals surface area contributed by atoms with Gasteiger partial charge >= 0.3 is 0 Å². The molecular weight excluding hydrogens is 304 g/mol. The zero-order valence-electron chi connectivity index (χ0n) is 12.3. The number of aryl methyl sites for hydroxylation is 1. The highest BCUT2D eigenvalue weighted by Crippen LogP contribution is 2.31. The highest BCUT2D eigenvalue weighted by atomic mass is 79.9. The van der Waals surface area contributed by atoms with Crippen molar-refractivity contribution >= 4 is 21.7 Å². The molecule has 1 rings (SSSR count). The first-order chi connectivity index (χ1) is 8.98. The summed E-state index contributed by atoms with van der Waals surface area (Å²) in [6, 6.07) is 5.78. The third kappa shape index (κ3) is 4.07. The lowest BCUT2D eigenvalue weighted by atomic mass is 9.86. The van der Waals surface area contributed by atoms with Crippen LogP contribution in [0.15, 0.2) is 18.2 Å². The average molecular weight is 327 g/mol. The van der Waals surface area contributed by atoms with Crippen LogP contribution in [0.3, 0.4) is 0 Å². The predicted octanol–water partition coefficient (Wildman–Crippen LogP) is 4.78. The molecule has 0 saturated heterocycles. The van der Waals surface area contributed by atoms with Gasteiger partial charge in [0.2, 0.25) is 0 Å². The zero-order chi connectivity index (χ0) is 14.5. The molecule has 0 aliphatic carbocycles. The van der Waals surface area contributed by atoms with Gasteiger partial charge in [-0.3, -0.25) is 4.79 Å². The van der Waals surface area contributed by atoms with Crippen LogP contribution in [0.5, 0.6) is 5.75 Å². The van der Waals surface area contributed by atoms with Crippen LogP contribution in [-0.4, -0.2) is 17.7 Å². The number of Topliss-reactive ketones (excluding diaryl/α,β-unsaturated/α-hetero) is 1. The highest BCUT2D eigenvalue weighted by molar-refractivity contribution is 9.09. The minimum absolute atomic E-state index is 0.0520. The van der Waals surface area contributed by atoms with Gasteiger partial charge in [-0.05, 0) is 38.8 Å². The van der Waals surface area contributed by atoms with Crippen LogP contribution in [0, 0.1) is 12.3 Å². The summed E-state index contributed by atoms with van der Waals surface area (Å²) in [6.07, 6.45) is 2.10. The van der Waals surface area contributed by atoms with E-state index < -0.39 is 0 Å². The molecule has 1 aromatic carbocycles. The van der Waals surface area contributed by atoms with E-state index in [1.54, 1.807) is 6.92 Å². The molecule has 0 saturated carbocycles. The summed E-state index contributed by atoms with van der Waals surface area (Å²) < 4.78 is 5.94. The van der Waals surface area contributed by atoms with Gasteiger partial charge in [0.1, 0.15) is 5.75 Å². The van der Waals surface area contributed by atoms with Crippen molar-refractivity contribution in [2.24, 2.45) is 5.41 Å². The van der Waals surface area contributed by atoms with Crippen LogP contribution in [0.2, 0.25) is 0 Å². The Bertz CT molecular complexity index is 428. The Morgan fingerprint density at radius 3 is 2.42 bits per heavy atom. The van der Waals surface area contributed by atoms with Crippen LogP contribution < -0.4 is 4.74 Å². The zero-order valence-corrected chi connectivity index (χ0v) is 13.8. The highest BCUT2D eigenvalue weighted by Gasteiger charge is 2.26. The molecule has 0 aliphatic heterocycles.